The van der Waals surface area contributed by atoms with Gasteiger partial charge in [0.2, 0.25) is 0 Å². The highest BCUT2D eigenvalue weighted by Crippen LogP contribution is 2.35. The van der Waals surface area contributed by atoms with Crippen molar-refractivity contribution >= 4 is 38.5 Å². The predicted molar refractivity (Wildman–Crippen MR) is 84.5 cm³/mol. The average Bonchev–Trinajstić information content (AvgIpc) is 2.88. The predicted octanol–water partition coefficient (Wildman–Crippen LogP) is 4.54. The van der Waals surface area contributed by atoms with Crippen molar-refractivity contribution in [3.63, 3.8) is 0 Å². The molecule has 1 aromatic heterocycles. The summed E-state index contributed by atoms with van der Waals surface area (Å²) in [6.07, 6.45) is 0. The number of nitrogens with two attached hydrogens (primary N) is 1. The molecule has 0 saturated carbocycles. The highest BCUT2D eigenvalue weighted by atomic mass is 79.9. The van der Waals surface area contributed by atoms with Crippen LogP contribution in [0.15, 0.2) is 51.4 Å². The minimum atomic E-state index is -0.621. The molecule has 0 amide bonds. The van der Waals surface area contributed by atoms with Gasteiger partial charge >= 0.3 is 0 Å². The molecule has 2 aromatic carbocycles. The van der Waals surface area contributed by atoms with Crippen LogP contribution in [-0.4, -0.2) is 0 Å². The summed E-state index contributed by atoms with van der Waals surface area (Å²) in [4.78, 5) is 0. The van der Waals surface area contributed by atoms with E-state index in [-0.39, 0.29) is 5.82 Å². The number of benzene rings is 2. The van der Waals surface area contributed by atoms with Crippen LogP contribution in [0.5, 0.6) is 0 Å². The topological polar surface area (TPSA) is 51.2 Å². The molecule has 3 nitrogen and oxygen atoms in total. The fraction of sp³-hybridized carbons (Fsp3) is 0.0667. The van der Waals surface area contributed by atoms with Crippen molar-refractivity contribution in [1.29, 1.82) is 0 Å². The molecule has 6 heteroatoms. The van der Waals surface area contributed by atoms with Gasteiger partial charge in [-0.15, -0.1) is 0 Å². The molecule has 3 rings (SSSR count). The van der Waals surface area contributed by atoms with Gasteiger partial charge in [0, 0.05) is 15.4 Å². The SMILES string of the molecule is NNC(c1cc2cccc(Cl)c2o1)c1c(F)cccc1Br. The molecule has 21 heavy (non-hydrogen) atoms. The van der Waals surface area contributed by atoms with Gasteiger partial charge in [0.05, 0.1) is 5.02 Å². The molecule has 0 radical (unpaired) electrons. The van der Waals surface area contributed by atoms with Crippen LogP contribution in [0.1, 0.15) is 17.4 Å². The highest BCUT2D eigenvalue weighted by Gasteiger charge is 2.23. The zero-order valence-electron chi connectivity index (χ0n) is 10.7. The first kappa shape index (κ1) is 14.5. The standard InChI is InChI=1S/C15H11BrClFN2O/c16-9-4-2-6-11(18)13(9)14(20-19)12-7-8-3-1-5-10(17)15(8)21-12/h1-7,14,20H,19H2. The van der Waals surface area contributed by atoms with Crippen LogP contribution >= 0.6 is 27.5 Å². The van der Waals surface area contributed by atoms with Gasteiger partial charge < -0.3 is 4.42 Å². The summed E-state index contributed by atoms with van der Waals surface area (Å²) in [7, 11) is 0. The van der Waals surface area contributed by atoms with Crippen molar-refractivity contribution in [3.05, 3.63) is 69.1 Å². The first-order chi connectivity index (χ1) is 10.1. The van der Waals surface area contributed by atoms with Crippen LogP contribution in [-0.2, 0) is 0 Å². The Morgan fingerprint density at radius 1 is 1.24 bits per heavy atom. The summed E-state index contributed by atoms with van der Waals surface area (Å²) in [5, 5.41) is 1.34. The smallest absolute Gasteiger partial charge is 0.152 e. The van der Waals surface area contributed by atoms with Crippen LogP contribution < -0.4 is 11.3 Å². The minimum Gasteiger partial charge on any atom is -0.457 e. The maximum absolute atomic E-state index is 14.1. The first-order valence-corrected chi connectivity index (χ1v) is 7.37. The monoisotopic (exact) mass is 368 g/mol. The van der Waals surface area contributed by atoms with E-state index in [4.69, 9.17) is 21.9 Å². The number of hydrogen-bond acceptors (Lipinski definition) is 3. The van der Waals surface area contributed by atoms with E-state index in [0.29, 0.717) is 26.4 Å². The Morgan fingerprint density at radius 3 is 2.67 bits per heavy atom. The van der Waals surface area contributed by atoms with Crippen molar-refractivity contribution in [2.24, 2.45) is 5.84 Å². The van der Waals surface area contributed by atoms with Crippen LogP contribution in [0.25, 0.3) is 11.0 Å². The Kier molecular flexibility index (Phi) is 3.99. The van der Waals surface area contributed by atoms with E-state index in [9.17, 15) is 4.39 Å². The first-order valence-electron chi connectivity index (χ1n) is 6.20. The number of nitrogens with one attached hydrogen (secondary N) is 1. The fourth-order valence-electron chi connectivity index (χ4n) is 2.28. The Labute approximate surface area is 134 Å². The summed E-state index contributed by atoms with van der Waals surface area (Å²) in [6.45, 7) is 0. The van der Waals surface area contributed by atoms with Gasteiger partial charge in [-0.3, -0.25) is 5.84 Å². The number of hydrogen-bond donors (Lipinski definition) is 2. The lowest BCUT2D eigenvalue weighted by atomic mass is 10.0. The van der Waals surface area contributed by atoms with Gasteiger partial charge in [-0.1, -0.05) is 45.7 Å². The second-order valence-corrected chi connectivity index (χ2v) is 5.80. The number of para-hydroxylation sites is 1. The van der Waals surface area contributed by atoms with Gasteiger partial charge in [-0.05, 0) is 24.3 Å². The average molecular weight is 370 g/mol. The van der Waals surface area contributed by atoms with Crippen molar-refractivity contribution < 1.29 is 8.81 Å². The van der Waals surface area contributed by atoms with Crippen LogP contribution in [0.4, 0.5) is 4.39 Å². The quantitative estimate of drug-likeness (QED) is 0.526. The van der Waals surface area contributed by atoms with Crippen molar-refractivity contribution in [2.75, 3.05) is 0 Å². The van der Waals surface area contributed by atoms with Gasteiger partial charge in [0.15, 0.2) is 5.58 Å². The molecule has 0 bridgehead atoms. The second-order valence-electron chi connectivity index (χ2n) is 4.54. The molecule has 0 aliphatic carbocycles. The molecule has 0 spiro atoms. The van der Waals surface area contributed by atoms with Gasteiger partial charge in [0.1, 0.15) is 17.6 Å². The Balaban J connectivity index is 2.16. The lowest BCUT2D eigenvalue weighted by Crippen LogP contribution is -2.29. The molecule has 1 unspecified atom stereocenters. The number of halogens is 3. The Hall–Kier alpha value is -1.40. The maximum Gasteiger partial charge on any atom is 0.152 e. The summed E-state index contributed by atoms with van der Waals surface area (Å²) < 4.78 is 20.5. The lowest BCUT2D eigenvalue weighted by Gasteiger charge is -2.16. The largest absolute Gasteiger partial charge is 0.457 e. The summed E-state index contributed by atoms with van der Waals surface area (Å²) >= 11 is 9.44. The molecule has 0 fully saturated rings. The highest BCUT2D eigenvalue weighted by molar-refractivity contribution is 9.10. The van der Waals surface area contributed by atoms with Crippen molar-refractivity contribution in [3.8, 4) is 0 Å². The van der Waals surface area contributed by atoms with Crippen LogP contribution in [0, 0.1) is 5.82 Å². The minimum absolute atomic E-state index is 0.376. The molecule has 1 atom stereocenters. The number of fused-ring (bicyclic) bond motifs is 1. The van der Waals surface area contributed by atoms with Crippen molar-refractivity contribution in [1.82, 2.24) is 5.43 Å². The molecule has 3 aromatic rings. The molecule has 0 saturated heterocycles. The van der Waals surface area contributed by atoms with E-state index in [1.165, 1.54) is 6.07 Å². The Bertz CT molecular complexity index is 785. The van der Waals surface area contributed by atoms with E-state index >= 15 is 0 Å². The van der Waals surface area contributed by atoms with E-state index < -0.39 is 6.04 Å². The summed E-state index contributed by atoms with van der Waals surface area (Å²) in [5.41, 5.74) is 3.53. The molecule has 3 N–H and O–H groups in total. The van der Waals surface area contributed by atoms with E-state index in [1.54, 1.807) is 24.3 Å². The Morgan fingerprint density at radius 2 is 2.00 bits per heavy atom. The third kappa shape index (κ3) is 2.58. The third-order valence-electron chi connectivity index (χ3n) is 3.25. The van der Waals surface area contributed by atoms with E-state index in [1.807, 2.05) is 12.1 Å². The van der Waals surface area contributed by atoms with Crippen molar-refractivity contribution in [2.45, 2.75) is 6.04 Å². The number of hydrazine groups is 1. The molecule has 0 aliphatic heterocycles. The summed E-state index contributed by atoms with van der Waals surface area (Å²) in [5.74, 6) is 5.72. The van der Waals surface area contributed by atoms with E-state index in [0.717, 1.165) is 5.39 Å². The molecular formula is C15H11BrClFN2O. The molecule has 0 aliphatic rings. The molecule has 1 heterocycles. The normalized spacial score (nSPS) is 12.8. The zero-order chi connectivity index (χ0) is 15.0. The molecular weight excluding hydrogens is 359 g/mol. The second kappa shape index (κ2) is 5.77. The number of rotatable bonds is 3. The van der Waals surface area contributed by atoms with Crippen LogP contribution in [0.2, 0.25) is 5.02 Å². The zero-order valence-corrected chi connectivity index (χ0v) is 13.1. The van der Waals surface area contributed by atoms with Gasteiger partial charge in [-0.2, -0.15) is 0 Å². The lowest BCUT2D eigenvalue weighted by molar-refractivity contribution is 0.461. The van der Waals surface area contributed by atoms with Crippen LogP contribution in [0.3, 0.4) is 0 Å². The number of furan rings is 1. The summed E-state index contributed by atoms with van der Waals surface area (Å²) in [6, 6.07) is 11.4. The van der Waals surface area contributed by atoms with Gasteiger partial charge in [0.25, 0.3) is 0 Å². The van der Waals surface area contributed by atoms with E-state index in [2.05, 4.69) is 21.4 Å². The maximum atomic E-state index is 14.1. The molecule has 108 valence electrons. The fourth-order valence-corrected chi connectivity index (χ4v) is 3.08. The third-order valence-corrected chi connectivity index (χ3v) is 4.24. The van der Waals surface area contributed by atoms with Gasteiger partial charge in [-0.25, -0.2) is 9.82 Å².